The molecule has 0 atom stereocenters. The lowest BCUT2D eigenvalue weighted by atomic mass is 10.1. The van der Waals surface area contributed by atoms with Gasteiger partial charge >= 0.3 is 0 Å². The second-order valence-electron chi connectivity index (χ2n) is 3.70. The van der Waals surface area contributed by atoms with Crippen LogP contribution in [0.5, 0.6) is 0 Å². The molecule has 2 heteroatoms. The zero-order valence-electron chi connectivity index (χ0n) is 9.35. The maximum absolute atomic E-state index is 3.39. The number of rotatable bonds is 5. The Morgan fingerprint density at radius 3 is 2.50 bits per heavy atom. The van der Waals surface area contributed by atoms with Gasteiger partial charge < -0.3 is 10.6 Å². The maximum atomic E-state index is 3.39. The highest BCUT2D eigenvalue weighted by Gasteiger charge is 1.95. The summed E-state index contributed by atoms with van der Waals surface area (Å²) in [6.45, 7) is 7.30. The Bertz CT molecular complexity index is 282. The lowest BCUT2D eigenvalue weighted by Gasteiger charge is -2.06. The Morgan fingerprint density at radius 2 is 1.86 bits per heavy atom. The van der Waals surface area contributed by atoms with Crippen molar-refractivity contribution in [1.82, 2.24) is 10.6 Å². The van der Waals surface area contributed by atoms with Crippen LogP contribution in [0.3, 0.4) is 0 Å². The van der Waals surface area contributed by atoms with Gasteiger partial charge in [-0.1, -0.05) is 18.2 Å². The van der Waals surface area contributed by atoms with E-state index in [0.717, 1.165) is 19.6 Å². The summed E-state index contributed by atoms with van der Waals surface area (Å²) < 4.78 is 0. The number of hydrogen-bond acceptors (Lipinski definition) is 2. The van der Waals surface area contributed by atoms with E-state index in [-0.39, 0.29) is 0 Å². The monoisotopic (exact) mass is 192 g/mol. The fourth-order valence-corrected chi connectivity index (χ4v) is 1.36. The van der Waals surface area contributed by atoms with Gasteiger partial charge in [0.15, 0.2) is 0 Å². The average molecular weight is 192 g/mol. The molecular formula is C12H20N2. The molecule has 0 amide bonds. The van der Waals surface area contributed by atoms with Crippen molar-refractivity contribution in [3.63, 3.8) is 0 Å². The van der Waals surface area contributed by atoms with Crippen molar-refractivity contribution in [1.29, 1.82) is 0 Å². The zero-order valence-corrected chi connectivity index (χ0v) is 9.35. The summed E-state index contributed by atoms with van der Waals surface area (Å²) >= 11 is 0. The fourth-order valence-electron chi connectivity index (χ4n) is 1.36. The van der Waals surface area contributed by atoms with Crippen LogP contribution in [0, 0.1) is 13.8 Å². The Balaban J connectivity index is 2.39. The molecule has 2 N–H and O–H groups in total. The van der Waals surface area contributed by atoms with Crippen LogP contribution in [-0.4, -0.2) is 20.1 Å². The van der Waals surface area contributed by atoms with Crippen LogP contribution in [0.2, 0.25) is 0 Å². The minimum absolute atomic E-state index is 0.961. The van der Waals surface area contributed by atoms with E-state index in [1.807, 2.05) is 7.05 Å². The summed E-state index contributed by atoms with van der Waals surface area (Å²) in [5.41, 5.74) is 4.10. The normalized spacial score (nSPS) is 10.5. The Hall–Kier alpha value is -0.860. The van der Waals surface area contributed by atoms with E-state index < -0.39 is 0 Å². The van der Waals surface area contributed by atoms with Gasteiger partial charge in [-0.05, 0) is 37.6 Å². The van der Waals surface area contributed by atoms with Gasteiger partial charge in [-0.3, -0.25) is 0 Å². The first-order chi connectivity index (χ1) is 6.74. The lowest BCUT2D eigenvalue weighted by Crippen LogP contribution is -2.24. The molecule has 0 unspecified atom stereocenters. The van der Waals surface area contributed by atoms with Crippen molar-refractivity contribution in [2.24, 2.45) is 0 Å². The molecule has 78 valence electrons. The Labute approximate surface area is 86.7 Å². The van der Waals surface area contributed by atoms with Gasteiger partial charge in [0, 0.05) is 19.6 Å². The Kier molecular flexibility index (Phi) is 4.63. The van der Waals surface area contributed by atoms with Crippen LogP contribution in [0.25, 0.3) is 0 Å². The highest BCUT2D eigenvalue weighted by molar-refractivity contribution is 5.29. The van der Waals surface area contributed by atoms with Crippen molar-refractivity contribution < 1.29 is 0 Å². The first-order valence-electron chi connectivity index (χ1n) is 5.15. The molecule has 0 radical (unpaired) electrons. The zero-order chi connectivity index (χ0) is 10.4. The van der Waals surface area contributed by atoms with E-state index in [4.69, 9.17) is 0 Å². The van der Waals surface area contributed by atoms with Gasteiger partial charge in [0.2, 0.25) is 0 Å². The van der Waals surface area contributed by atoms with Crippen LogP contribution in [-0.2, 0) is 6.54 Å². The summed E-state index contributed by atoms with van der Waals surface area (Å²) in [6, 6.07) is 6.63. The number of nitrogens with one attached hydrogen (secondary N) is 2. The van der Waals surface area contributed by atoms with E-state index in [1.165, 1.54) is 16.7 Å². The molecule has 1 aromatic rings. The van der Waals surface area contributed by atoms with E-state index in [9.17, 15) is 0 Å². The molecule has 0 aliphatic carbocycles. The minimum atomic E-state index is 0.961. The van der Waals surface area contributed by atoms with Crippen LogP contribution in [0.1, 0.15) is 16.7 Å². The second kappa shape index (κ2) is 5.78. The molecule has 0 heterocycles. The van der Waals surface area contributed by atoms with Crippen molar-refractivity contribution in [3.05, 3.63) is 34.9 Å². The standard InChI is InChI=1S/C12H20N2/c1-10-4-5-12(8-11(10)2)9-14-7-6-13-3/h4-5,8,13-14H,6-7,9H2,1-3H3. The summed E-state index contributed by atoms with van der Waals surface area (Å²) in [4.78, 5) is 0. The van der Waals surface area contributed by atoms with Gasteiger partial charge in [0.05, 0.1) is 0 Å². The number of benzene rings is 1. The van der Waals surface area contributed by atoms with Gasteiger partial charge in [-0.2, -0.15) is 0 Å². The third-order valence-electron chi connectivity index (χ3n) is 2.45. The second-order valence-corrected chi connectivity index (χ2v) is 3.70. The molecule has 0 fully saturated rings. The molecule has 0 spiro atoms. The fraction of sp³-hybridized carbons (Fsp3) is 0.500. The quantitative estimate of drug-likeness (QED) is 0.693. The highest BCUT2D eigenvalue weighted by atomic mass is 14.9. The molecule has 14 heavy (non-hydrogen) atoms. The molecule has 0 saturated heterocycles. The van der Waals surface area contributed by atoms with Crippen molar-refractivity contribution >= 4 is 0 Å². The van der Waals surface area contributed by atoms with Crippen LogP contribution in [0.15, 0.2) is 18.2 Å². The molecule has 0 bridgehead atoms. The molecule has 0 aliphatic rings. The van der Waals surface area contributed by atoms with Gasteiger partial charge in [0.1, 0.15) is 0 Å². The van der Waals surface area contributed by atoms with Crippen LogP contribution >= 0.6 is 0 Å². The SMILES string of the molecule is CNCCNCc1ccc(C)c(C)c1. The third kappa shape index (κ3) is 3.48. The predicted molar refractivity (Wildman–Crippen MR) is 61.5 cm³/mol. The average Bonchev–Trinajstić information content (AvgIpc) is 2.18. The number of likely N-dealkylation sites (N-methyl/N-ethyl adjacent to an activating group) is 1. The lowest BCUT2D eigenvalue weighted by molar-refractivity contribution is 0.650. The molecule has 0 saturated carbocycles. The summed E-state index contributed by atoms with van der Waals surface area (Å²) in [5.74, 6) is 0. The first kappa shape index (κ1) is 11.2. The van der Waals surface area contributed by atoms with Crippen LogP contribution in [0.4, 0.5) is 0 Å². The van der Waals surface area contributed by atoms with E-state index >= 15 is 0 Å². The topological polar surface area (TPSA) is 24.1 Å². The van der Waals surface area contributed by atoms with E-state index in [2.05, 4.69) is 42.7 Å². The molecule has 1 rings (SSSR count). The molecule has 0 aromatic heterocycles. The first-order valence-corrected chi connectivity index (χ1v) is 5.15. The minimum Gasteiger partial charge on any atom is -0.318 e. The predicted octanol–water partition coefficient (Wildman–Crippen LogP) is 1.61. The highest BCUT2D eigenvalue weighted by Crippen LogP contribution is 2.09. The van der Waals surface area contributed by atoms with E-state index in [1.54, 1.807) is 0 Å². The Morgan fingerprint density at radius 1 is 1.07 bits per heavy atom. The largest absolute Gasteiger partial charge is 0.318 e. The number of aryl methyl sites for hydroxylation is 2. The number of hydrogen-bond donors (Lipinski definition) is 2. The van der Waals surface area contributed by atoms with Gasteiger partial charge in [-0.15, -0.1) is 0 Å². The summed E-state index contributed by atoms with van der Waals surface area (Å²) in [6.07, 6.45) is 0. The smallest absolute Gasteiger partial charge is 0.0206 e. The third-order valence-corrected chi connectivity index (χ3v) is 2.45. The molecule has 1 aromatic carbocycles. The molecule has 0 aliphatic heterocycles. The molecule has 2 nitrogen and oxygen atoms in total. The molecular weight excluding hydrogens is 172 g/mol. The summed E-state index contributed by atoms with van der Waals surface area (Å²) in [5, 5.41) is 6.50. The van der Waals surface area contributed by atoms with E-state index in [0.29, 0.717) is 0 Å². The maximum Gasteiger partial charge on any atom is 0.0206 e. The van der Waals surface area contributed by atoms with Gasteiger partial charge in [0.25, 0.3) is 0 Å². The van der Waals surface area contributed by atoms with Crippen molar-refractivity contribution in [3.8, 4) is 0 Å². The van der Waals surface area contributed by atoms with Crippen LogP contribution < -0.4 is 10.6 Å². The summed E-state index contributed by atoms with van der Waals surface area (Å²) in [7, 11) is 1.97. The van der Waals surface area contributed by atoms with Gasteiger partial charge in [-0.25, -0.2) is 0 Å². The van der Waals surface area contributed by atoms with Crippen molar-refractivity contribution in [2.45, 2.75) is 20.4 Å². The van der Waals surface area contributed by atoms with Crippen molar-refractivity contribution in [2.75, 3.05) is 20.1 Å².